The zero-order valence-electron chi connectivity index (χ0n) is 10.7. The van der Waals surface area contributed by atoms with Crippen molar-refractivity contribution in [3.63, 3.8) is 0 Å². The molecule has 0 heterocycles. The summed E-state index contributed by atoms with van der Waals surface area (Å²) in [7, 11) is -4.53. The molecule has 0 aliphatic carbocycles. The molecular weight excluding hydrogens is 307 g/mol. The van der Waals surface area contributed by atoms with Crippen molar-refractivity contribution in [2.75, 3.05) is 19.8 Å². The summed E-state index contributed by atoms with van der Waals surface area (Å²) in [4.78, 5) is 25.2. The molecule has 122 valence electrons. The Bertz CT molecular complexity index is 244. The highest BCUT2D eigenvalue weighted by Gasteiger charge is 2.12. The summed E-state index contributed by atoms with van der Waals surface area (Å²) in [5.74, 6) is 0. The molecule has 0 atom stereocenters. The molecule has 20 heavy (non-hydrogen) atoms. The van der Waals surface area contributed by atoms with Gasteiger partial charge in [-0.15, -0.1) is 0 Å². The van der Waals surface area contributed by atoms with E-state index in [-0.39, 0.29) is 6.61 Å². The molecule has 0 bridgehead atoms. The van der Waals surface area contributed by atoms with Crippen molar-refractivity contribution in [2.45, 2.75) is 26.2 Å². The SMILES string of the molecule is CCCCCOOOOOOOOCCOP(=O)(O)O. The zero-order chi connectivity index (χ0) is 15.1. The van der Waals surface area contributed by atoms with Gasteiger partial charge in [0.05, 0.1) is 13.2 Å². The van der Waals surface area contributed by atoms with Gasteiger partial charge >= 0.3 is 7.82 Å². The van der Waals surface area contributed by atoms with Crippen LogP contribution in [0.1, 0.15) is 26.2 Å². The fraction of sp³-hybridized carbons (Fsp3) is 1.00. The molecule has 0 fully saturated rings. The molecule has 0 radical (unpaired) electrons. The monoisotopic (exact) mass is 324 g/mol. The first-order chi connectivity index (χ1) is 9.56. The molecule has 0 rings (SSSR count). The van der Waals surface area contributed by atoms with Crippen LogP contribution in [0.5, 0.6) is 0 Å². The van der Waals surface area contributed by atoms with Gasteiger partial charge in [0.25, 0.3) is 0 Å². The van der Waals surface area contributed by atoms with Crippen molar-refractivity contribution in [3.8, 4) is 0 Å². The summed E-state index contributed by atoms with van der Waals surface area (Å²) in [6, 6.07) is 0. The predicted octanol–water partition coefficient (Wildman–Crippen LogP) is 0.824. The van der Waals surface area contributed by atoms with Crippen LogP contribution in [0.4, 0.5) is 0 Å². The van der Waals surface area contributed by atoms with Crippen LogP contribution in [0.2, 0.25) is 0 Å². The van der Waals surface area contributed by atoms with E-state index < -0.39 is 14.4 Å². The third kappa shape index (κ3) is 17.8. The second kappa shape index (κ2) is 13.8. The molecule has 0 spiro atoms. The normalized spacial score (nSPS) is 11.9. The van der Waals surface area contributed by atoms with Crippen LogP contribution in [0.25, 0.3) is 0 Å². The van der Waals surface area contributed by atoms with E-state index >= 15 is 0 Å². The Morgan fingerprint density at radius 2 is 1.35 bits per heavy atom. The van der Waals surface area contributed by atoms with E-state index in [1.807, 2.05) is 6.92 Å². The molecule has 0 aliphatic rings. The average Bonchev–Trinajstić information content (AvgIpc) is 2.38. The molecule has 13 heteroatoms. The van der Waals surface area contributed by atoms with E-state index in [0.29, 0.717) is 6.61 Å². The fourth-order valence-electron chi connectivity index (χ4n) is 0.754. The third-order valence-electron chi connectivity index (χ3n) is 1.49. The van der Waals surface area contributed by atoms with Crippen LogP contribution in [0, 0.1) is 0 Å². The number of hydrogen-bond donors (Lipinski definition) is 2. The molecule has 0 amide bonds. The Morgan fingerprint density at radius 1 is 0.800 bits per heavy atom. The number of phosphoric acid groups is 1. The molecule has 0 aliphatic heterocycles. The van der Waals surface area contributed by atoms with E-state index in [2.05, 4.69) is 44.5 Å². The first kappa shape index (κ1) is 19.8. The van der Waals surface area contributed by atoms with Crippen LogP contribution >= 0.6 is 7.82 Å². The van der Waals surface area contributed by atoms with Crippen LogP contribution in [-0.4, -0.2) is 29.6 Å². The molecule has 0 saturated heterocycles. The van der Waals surface area contributed by atoms with Crippen LogP contribution < -0.4 is 0 Å². The van der Waals surface area contributed by atoms with Crippen molar-refractivity contribution in [2.24, 2.45) is 0 Å². The fourth-order valence-corrected chi connectivity index (χ4v) is 1.07. The number of hydrogen-bond acceptors (Lipinski definition) is 10. The van der Waals surface area contributed by atoms with E-state index in [9.17, 15) is 4.57 Å². The lowest BCUT2D eigenvalue weighted by Crippen LogP contribution is -2.06. The predicted molar refractivity (Wildman–Crippen MR) is 55.9 cm³/mol. The largest absolute Gasteiger partial charge is 0.469 e. The molecule has 2 N–H and O–H groups in total. The van der Waals surface area contributed by atoms with Gasteiger partial charge in [-0.2, -0.15) is 0 Å². The van der Waals surface area contributed by atoms with Gasteiger partial charge in [0.1, 0.15) is 6.61 Å². The molecular formula is C7H17O12P. The van der Waals surface area contributed by atoms with Crippen LogP contribution in [0.3, 0.4) is 0 Å². The summed E-state index contributed by atoms with van der Waals surface area (Å²) in [6.45, 7) is 1.58. The van der Waals surface area contributed by atoms with E-state index in [4.69, 9.17) is 9.79 Å². The van der Waals surface area contributed by atoms with E-state index in [1.165, 1.54) is 0 Å². The Hall–Kier alpha value is -0.210. The Kier molecular flexibility index (Phi) is 13.6. The minimum atomic E-state index is -4.53. The van der Waals surface area contributed by atoms with Crippen molar-refractivity contribution < 1.29 is 58.9 Å². The first-order valence-electron chi connectivity index (χ1n) is 5.50. The molecule has 0 unspecified atom stereocenters. The van der Waals surface area contributed by atoms with Crippen LogP contribution in [0.15, 0.2) is 0 Å². The van der Waals surface area contributed by atoms with E-state index in [1.54, 1.807) is 0 Å². The maximum Gasteiger partial charge on any atom is 0.469 e. The summed E-state index contributed by atoms with van der Waals surface area (Å²) >= 11 is 0. The van der Waals surface area contributed by atoms with Gasteiger partial charge < -0.3 is 9.79 Å². The highest BCUT2D eigenvalue weighted by Crippen LogP contribution is 2.35. The van der Waals surface area contributed by atoms with Crippen molar-refractivity contribution >= 4 is 7.82 Å². The smallest absolute Gasteiger partial charge is 0.303 e. The lowest BCUT2D eigenvalue weighted by molar-refractivity contribution is -0.813. The summed E-state index contributed by atoms with van der Waals surface area (Å²) < 4.78 is 14.2. The topological polar surface area (TPSA) is 141 Å². The van der Waals surface area contributed by atoms with Gasteiger partial charge in [-0.05, 0) is 36.7 Å². The van der Waals surface area contributed by atoms with Crippen molar-refractivity contribution in [1.29, 1.82) is 0 Å². The zero-order valence-corrected chi connectivity index (χ0v) is 11.6. The minimum absolute atomic E-state index is 0.317. The van der Waals surface area contributed by atoms with Gasteiger partial charge in [-0.25, -0.2) is 14.3 Å². The van der Waals surface area contributed by atoms with Gasteiger partial charge in [-0.1, -0.05) is 19.8 Å². The summed E-state index contributed by atoms with van der Waals surface area (Å²) in [5.41, 5.74) is 0. The average molecular weight is 324 g/mol. The molecule has 0 aromatic carbocycles. The van der Waals surface area contributed by atoms with Gasteiger partial charge in [0.15, 0.2) is 0 Å². The number of unbranched alkanes of at least 4 members (excludes halogenated alkanes) is 2. The van der Waals surface area contributed by atoms with Crippen LogP contribution in [-0.2, 0) is 49.1 Å². The van der Waals surface area contributed by atoms with Crippen molar-refractivity contribution in [1.82, 2.24) is 0 Å². The molecule has 0 aromatic heterocycles. The minimum Gasteiger partial charge on any atom is -0.303 e. The van der Waals surface area contributed by atoms with E-state index in [0.717, 1.165) is 19.3 Å². The molecule has 12 nitrogen and oxygen atoms in total. The second-order valence-electron chi connectivity index (χ2n) is 3.08. The maximum absolute atomic E-state index is 10.2. The Morgan fingerprint density at radius 3 is 1.90 bits per heavy atom. The van der Waals surface area contributed by atoms with Gasteiger partial charge in [0, 0.05) is 0 Å². The van der Waals surface area contributed by atoms with Gasteiger partial charge in [-0.3, -0.25) is 4.52 Å². The number of rotatable bonds is 15. The Balaban J connectivity index is 3.01. The highest BCUT2D eigenvalue weighted by atomic mass is 31.2. The number of phosphoric ester groups is 1. The van der Waals surface area contributed by atoms with Gasteiger partial charge in [0.2, 0.25) is 0 Å². The molecule has 0 saturated carbocycles. The lowest BCUT2D eigenvalue weighted by atomic mass is 10.3. The quantitative estimate of drug-likeness (QED) is 0.191. The van der Waals surface area contributed by atoms with Crippen molar-refractivity contribution in [3.05, 3.63) is 0 Å². The second-order valence-corrected chi connectivity index (χ2v) is 4.32. The first-order valence-corrected chi connectivity index (χ1v) is 7.04. The maximum atomic E-state index is 10.2. The summed E-state index contributed by atoms with van der Waals surface area (Å²) in [5, 5.41) is 23.0. The molecule has 0 aromatic rings. The lowest BCUT2D eigenvalue weighted by Gasteiger charge is -2.04. The highest BCUT2D eigenvalue weighted by molar-refractivity contribution is 7.46. The third-order valence-corrected chi connectivity index (χ3v) is 2.01. The Labute approximate surface area is 114 Å². The summed E-state index contributed by atoms with van der Waals surface area (Å²) in [6.07, 6.45) is 2.82. The standard InChI is InChI=1S/C7H17O12P/c1-2-3-4-5-11-14-16-18-19-17-15-12-6-7-13-20(8,9)10/h2-7H2,1H3,(H2,8,9,10).